The SMILES string of the molecule is CC(C)(O)C1(CCCC2OC(COCc3ccccc3)O2)SCCCS1. The predicted molar refractivity (Wildman–Crippen MR) is 108 cm³/mol. The summed E-state index contributed by atoms with van der Waals surface area (Å²) in [4.78, 5) is 0. The number of thioether (sulfide) groups is 2. The van der Waals surface area contributed by atoms with E-state index >= 15 is 0 Å². The molecule has 0 radical (unpaired) electrons. The monoisotopic (exact) mass is 398 g/mol. The van der Waals surface area contributed by atoms with Crippen LogP contribution in [0.1, 0.15) is 45.1 Å². The molecule has 2 fully saturated rings. The Bertz CT molecular complexity index is 534. The molecule has 6 heteroatoms. The third-order valence-electron chi connectivity index (χ3n) is 4.81. The van der Waals surface area contributed by atoms with Gasteiger partial charge in [0.2, 0.25) is 0 Å². The number of aliphatic hydroxyl groups is 1. The van der Waals surface area contributed by atoms with Gasteiger partial charge in [-0.15, -0.1) is 23.5 Å². The molecule has 0 saturated carbocycles. The quantitative estimate of drug-likeness (QED) is 0.665. The predicted octanol–water partition coefficient (Wildman–Crippen LogP) is 4.41. The van der Waals surface area contributed by atoms with Gasteiger partial charge in [0.05, 0.1) is 22.9 Å². The summed E-state index contributed by atoms with van der Waals surface area (Å²) in [5, 5.41) is 10.6. The molecule has 146 valence electrons. The minimum Gasteiger partial charge on any atom is -0.388 e. The standard InChI is InChI=1S/C20H30O4S2/c1-19(2,21)20(25-12-7-13-26-20)11-6-10-17-23-18(24-17)15-22-14-16-8-4-3-5-9-16/h3-5,8-9,17-18,21H,6-7,10-15H2,1-2H3. The number of hydrogen-bond acceptors (Lipinski definition) is 6. The number of rotatable bonds is 9. The van der Waals surface area contributed by atoms with Gasteiger partial charge in [-0.1, -0.05) is 30.3 Å². The van der Waals surface area contributed by atoms with Crippen LogP contribution in [0.4, 0.5) is 0 Å². The van der Waals surface area contributed by atoms with Gasteiger partial charge in [-0.2, -0.15) is 0 Å². The summed E-state index contributed by atoms with van der Waals surface area (Å²) in [6, 6.07) is 10.1. The topological polar surface area (TPSA) is 47.9 Å². The van der Waals surface area contributed by atoms with E-state index in [2.05, 4.69) is 0 Å². The summed E-state index contributed by atoms with van der Waals surface area (Å²) < 4.78 is 17.1. The molecule has 2 aliphatic rings. The van der Waals surface area contributed by atoms with E-state index in [0.29, 0.717) is 13.2 Å². The van der Waals surface area contributed by atoms with Gasteiger partial charge in [0.25, 0.3) is 0 Å². The number of hydrogen-bond donors (Lipinski definition) is 1. The van der Waals surface area contributed by atoms with E-state index in [1.807, 2.05) is 67.7 Å². The molecule has 1 aromatic rings. The van der Waals surface area contributed by atoms with Crippen LogP contribution in [0.2, 0.25) is 0 Å². The van der Waals surface area contributed by atoms with Crippen LogP contribution < -0.4 is 0 Å². The maximum absolute atomic E-state index is 10.6. The van der Waals surface area contributed by atoms with Gasteiger partial charge in [0.15, 0.2) is 12.6 Å². The molecule has 0 aromatic heterocycles. The van der Waals surface area contributed by atoms with Crippen molar-refractivity contribution in [1.29, 1.82) is 0 Å². The molecule has 2 aliphatic heterocycles. The smallest absolute Gasteiger partial charge is 0.186 e. The first-order chi connectivity index (χ1) is 12.5. The van der Waals surface area contributed by atoms with Crippen molar-refractivity contribution in [3.05, 3.63) is 35.9 Å². The van der Waals surface area contributed by atoms with E-state index in [9.17, 15) is 5.11 Å². The molecule has 2 saturated heterocycles. The first-order valence-corrected chi connectivity index (χ1v) is 11.4. The molecule has 2 heterocycles. The van der Waals surface area contributed by atoms with Crippen LogP contribution in [0, 0.1) is 0 Å². The zero-order valence-electron chi connectivity index (χ0n) is 15.7. The van der Waals surface area contributed by atoms with Crippen molar-refractivity contribution in [2.24, 2.45) is 0 Å². The van der Waals surface area contributed by atoms with Gasteiger partial charge in [0, 0.05) is 0 Å². The highest BCUT2D eigenvalue weighted by molar-refractivity contribution is 8.18. The molecule has 0 unspecified atom stereocenters. The van der Waals surface area contributed by atoms with Gasteiger partial charge in [-0.3, -0.25) is 0 Å². The van der Waals surface area contributed by atoms with Gasteiger partial charge in [-0.05, 0) is 56.6 Å². The van der Waals surface area contributed by atoms with Gasteiger partial charge in [-0.25, -0.2) is 0 Å². The zero-order valence-corrected chi connectivity index (χ0v) is 17.3. The van der Waals surface area contributed by atoms with E-state index in [1.54, 1.807) is 0 Å². The normalized spacial score (nSPS) is 25.7. The van der Waals surface area contributed by atoms with Gasteiger partial charge < -0.3 is 19.3 Å². The lowest BCUT2D eigenvalue weighted by molar-refractivity contribution is -0.394. The van der Waals surface area contributed by atoms with Crippen molar-refractivity contribution >= 4 is 23.5 Å². The van der Waals surface area contributed by atoms with E-state index in [1.165, 1.54) is 6.42 Å². The highest BCUT2D eigenvalue weighted by Crippen LogP contribution is 2.52. The Hall–Kier alpha value is -0.240. The molecule has 0 aliphatic carbocycles. The summed E-state index contributed by atoms with van der Waals surface area (Å²) in [5.41, 5.74) is 0.473. The van der Waals surface area contributed by atoms with Crippen LogP contribution >= 0.6 is 23.5 Å². The fourth-order valence-corrected chi connectivity index (χ4v) is 6.83. The van der Waals surface area contributed by atoms with Gasteiger partial charge in [0.1, 0.15) is 0 Å². The molecule has 0 spiro atoms. The summed E-state index contributed by atoms with van der Waals surface area (Å²) in [6.45, 7) is 4.92. The summed E-state index contributed by atoms with van der Waals surface area (Å²) in [6.07, 6.45) is 3.69. The largest absolute Gasteiger partial charge is 0.388 e. The van der Waals surface area contributed by atoms with Gasteiger partial charge >= 0.3 is 0 Å². The summed E-state index contributed by atoms with van der Waals surface area (Å²) in [7, 11) is 0. The zero-order chi connectivity index (χ0) is 18.5. The van der Waals surface area contributed by atoms with Crippen molar-refractivity contribution in [2.45, 2.75) is 68.4 Å². The Morgan fingerprint density at radius 1 is 1.15 bits per heavy atom. The Kier molecular flexibility index (Phi) is 7.33. The summed E-state index contributed by atoms with van der Waals surface area (Å²) in [5.74, 6) is 2.27. The Labute approximate surface area is 165 Å². The maximum atomic E-state index is 10.6. The van der Waals surface area contributed by atoms with Crippen molar-refractivity contribution in [1.82, 2.24) is 0 Å². The minimum atomic E-state index is -0.683. The number of benzene rings is 1. The maximum Gasteiger partial charge on any atom is 0.186 e. The van der Waals surface area contributed by atoms with E-state index in [0.717, 1.165) is 36.3 Å². The molecule has 1 aromatic carbocycles. The van der Waals surface area contributed by atoms with Crippen LogP contribution in [0.15, 0.2) is 30.3 Å². The molecule has 26 heavy (non-hydrogen) atoms. The van der Waals surface area contributed by atoms with E-state index < -0.39 is 5.60 Å². The Morgan fingerprint density at radius 2 is 1.85 bits per heavy atom. The number of ether oxygens (including phenoxy) is 3. The highest BCUT2D eigenvalue weighted by atomic mass is 32.2. The molecule has 4 nitrogen and oxygen atoms in total. The first-order valence-electron chi connectivity index (χ1n) is 9.41. The lowest BCUT2D eigenvalue weighted by Gasteiger charge is -2.45. The lowest BCUT2D eigenvalue weighted by atomic mass is 9.98. The van der Waals surface area contributed by atoms with E-state index in [4.69, 9.17) is 14.2 Å². The van der Waals surface area contributed by atoms with Crippen molar-refractivity contribution in [2.75, 3.05) is 18.1 Å². The van der Waals surface area contributed by atoms with E-state index in [-0.39, 0.29) is 16.7 Å². The highest BCUT2D eigenvalue weighted by Gasteiger charge is 2.46. The van der Waals surface area contributed by atoms with Crippen LogP contribution in [0.3, 0.4) is 0 Å². The van der Waals surface area contributed by atoms with Crippen molar-refractivity contribution in [3.8, 4) is 0 Å². The van der Waals surface area contributed by atoms with Crippen LogP contribution in [0.5, 0.6) is 0 Å². The lowest BCUT2D eigenvalue weighted by Crippen LogP contribution is -2.47. The third kappa shape index (κ3) is 5.40. The molecule has 3 rings (SSSR count). The van der Waals surface area contributed by atoms with Crippen molar-refractivity contribution in [3.63, 3.8) is 0 Å². The fraction of sp³-hybridized carbons (Fsp3) is 0.700. The second kappa shape index (κ2) is 9.30. The average molecular weight is 399 g/mol. The molecule has 0 atom stereocenters. The summed E-state index contributed by atoms with van der Waals surface area (Å²) >= 11 is 3.83. The van der Waals surface area contributed by atoms with Crippen LogP contribution in [-0.4, -0.2) is 45.5 Å². The Morgan fingerprint density at radius 3 is 2.50 bits per heavy atom. The molecule has 1 N–H and O–H groups in total. The second-order valence-electron chi connectivity index (χ2n) is 7.39. The molecular weight excluding hydrogens is 368 g/mol. The van der Waals surface area contributed by atoms with Crippen LogP contribution in [0.25, 0.3) is 0 Å². The average Bonchev–Trinajstić information content (AvgIpc) is 2.59. The molecular formula is C20H30O4S2. The third-order valence-corrected chi connectivity index (χ3v) is 8.84. The van der Waals surface area contributed by atoms with Crippen LogP contribution in [-0.2, 0) is 20.8 Å². The Balaban J connectivity index is 1.31. The molecule has 0 amide bonds. The van der Waals surface area contributed by atoms with Crippen molar-refractivity contribution < 1.29 is 19.3 Å². The first kappa shape index (κ1) is 20.5. The minimum absolute atomic E-state index is 0.104. The second-order valence-corrected chi connectivity index (χ2v) is 10.4. The molecule has 0 bridgehead atoms. The fourth-order valence-electron chi connectivity index (χ4n) is 3.29.